The summed E-state index contributed by atoms with van der Waals surface area (Å²) < 4.78 is 5.91. The van der Waals surface area contributed by atoms with E-state index in [4.69, 9.17) is 4.74 Å². The van der Waals surface area contributed by atoms with Crippen molar-refractivity contribution in [1.82, 2.24) is 5.32 Å². The van der Waals surface area contributed by atoms with Gasteiger partial charge in [-0.05, 0) is 31.5 Å². The van der Waals surface area contributed by atoms with Crippen LogP contribution in [0.25, 0.3) is 0 Å². The Bertz CT molecular complexity index is 410. The van der Waals surface area contributed by atoms with Crippen LogP contribution in [0.4, 0.5) is 5.69 Å². The van der Waals surface area contributed by atoms with Crippen molar-refractivity contribution in [2.75, 3.05) is 25.6 Å². The summed E-state index contributed by atoms with van der Waals surface area (Å²) in [7, 11) is 1.61. The maximum Gasteiger partial charge on any atom is 0.242 e. The van der Waals surface area contributed by atoms with Crippen molar-refractivity contribution in [3.05, 3.63) is 28.2 Å². The van der Waals surface area contributed by atoms with E-state index in [0.717, 1.165) is 15.7 Å². The Hall–Kier alpha value is -1.07. The number of anilines is 1. The van der Waals surface area contributed by atoms with E-state index in [2.05, 4.69) is 26.6 Å². The van der Waals surface area contributed by atoms with Crippen LogP contribution in [0.3, 0.4) is 0 Å². The molecule has 5 heteroatoms. The second kappa shape index (κ2) is 7.38. The van der Waals surface area contributed by atoms with Gasteiger partial charge in [0, 0.05) is 23.8 Å². The lowest BCUT2D eigenvalue weighted by Gasteiger charge is -2.17. The molecule has 0 saturated heterocycles. The zero-order valence-corrected chi connectivity index (χ0v) is 12.5. The summed E-state index contributed by atoms with van der Waals surface area (Å²) >= 11 is 3.47. The molecular formula is C13H19BrN2O2. The highest BCUT2D eigenvalue weighted by atomic mass is 79.9. The van der Waals surface area contributed by atoms with Gasteiger partial charge in [-0.15, -0.1) is 0 Å². The van der Waals surface area contributed by atoms with Gasteiger partial charge in [0.2, 0.25) is 5.91 Å². The van der Waals surface area contributed by atoms with Crippen LogP contribution in [0.2, 0.25) is 0 Å². The summed E-state index contributed by atoms with van der Waals surface area (Å²) in [5, 5.41) is 5.99. The molecule has 1 atom stereocenters. The predicted octanol–water partition coefficient (Wildman–Crippen LogP) is 2.32. The topological polar surface area (TPSA) is 50.4 Å². The summed E-state index contributed by atoms with van der Waals surface area (Å²) in [6.07, 6.45) is 0. The van der Waals surface area contributed by atoms with Gasteiger partial charge < -0.3 is 15.4 Å². The Labute approximate surface area is 116 Å². The van der Waals surface area contributed by atoms with Crippen molar-refractivity contribution in [2.45, 2.75) is 19.9 Å². The van der Waals surface area contributed by atoms with Gasteiger partial charge in [0.1, 0.15) is 6.04 Å². The Morgan fingerprint density at radius 1 is 1.50 bits per heavy atom. The summed E-state index contributed by atoms with van der Waals surface area (Å²) in [5.41, 5.74) is 2.05. The first-order valence-electron chi connectivity index (χ1n) is 5.84. The first kappa shape index (κ1) is 15.0. The highest BCUT2D eigenvalue weighted by Crippen LogP contribution is 2.23. The SMILES string of the molecule is COCCNC(=O)C(C)Nc1cccc(Br)c1C. The standard InChI is InChI=1S/C13H19BrN2O2/c1-9-11(14)5-4-6-12(9)16-10(2)13(17)15-7-8-18-3/h4-6,10,16H,7-8H2,1-3H3,(H,15,17). The maximum atomic E-state index is 11.8. The lowest BCUT2D eigenvalue weighted by molar-refractivity contribution is -0.121. The molecule has 0 spiro atoms. The fourth-order valence-electron chi connectivity index (χ4n) is 1.49. The van der Waals surface area contributed by atoms with Gasteiger partial charge in [-0.3, -0.25) is 4.79 Å². The number of hydrogen-bond donors (Lipinski definition) is 2. The van der Waals surface area contributed by atoms with E-state index >= 15 is 0 Å². The molecule has 100 valence electrons. The molecule has 0 aliphatic rings. The van der Waals surface area contributed by atoms with Crippen LogP contribution < -0.4 is 10.6 Å². The number of methoxy groups -OCH3 is 1. The van der Waals surface area contributed by atoms with Crippen LogP contribution in [0.1, 0.15) is 12.5 Å². The minimum atomic E-state index is -0.283. The Morgan fingerprint density at radius 2 is 2.22 bits per heavy atom. The van der Waals surface area contributed by atoms with Gasteiger partial charge in [0.25, 0.3) is 0 Å². The molecule has 1 aromatic rings. The van der Waals surface area contributed by atoms with E-state index in [1.54, 1.807) is 7.11 Å². The molecule has 2 N–H and O–H groups in total. The van der Waals surface area contributed by atoms with Crippen LogP contribution in [0.5, 0.6) is 0 Å². The number of nitrogens with one attached hydrogen (secondary N) is 2. The molecule has 0 saturated carbocycles. The fraction of sp³-hybridized carbons (Fsp3) is 0.462. The minimum absolute atomic E-state index is 0.0357. The van der Waals surface area contributed by atoms with Crippen LogP contribution in [0, 0.1) is 6.92 Å². The molecule has 1 aromatic carbocycles. The van der Waals surface area contributed by atoms with E-state index < -0.39 is 0 Å². The second-order valence-corrected chi connectivity index (χ2v) is 4.92. The molecule has 0 heterocycles. The van der Waals surface area contributed by atoms with Crippen molar-refractivity contribution in [2.24, 2.45) is 0 Å². The van der Waals surface area contributed by atoms with E-state index in [1.807, 2.05) is 32.0 Å². The smallest absolute Gasteiger partial charge is 0.242 e. The number of carbonyl (C=O) groups is 1. The molecule has 18 heavy (non-hydrogen) atoms. The van der Waals surface area contributed by atoms with Crippen molar-refractivity contribution in [3.8, 4) is 0 Å². The van der Waals surface area contributed by atoms with Gasteiger partial charge in [-0.25, -0.2) is 0 Å². The molecule has 1 amide bonds. The zero-order valence-electron chi connectivity index (χ0n) is 10.9. The minimum Gasteiger partial charge on any atom is -0.383 e. The summed E-state index contributed by atoms with van der Waals surface area (Å²) in [5.74, 6) is -0.0357. The molecular weight excluding hydrogens is 296 g/mol. The Kier molecular flexibility index (Phi) is 6.15. The molecule has 0 aliphatic carbocycles. The number of ether oxygens (including phenoxy) is 1. The number of amides is 1. The average Bonchev–Trinajstić information content (AvgIpc) is 2.35. The lowest BCUT2D eigenvalue weighted by atomic mass is 10.2. The highest BCUT2D eigenvalue weighted by Gasteiger charge is 2.13. The third-order valence-corrected chi connectivity index (χ3v) is 3.50. The Balaban J connectivity index is 2.56. The largest absolute Gasteiger partial charge is 0.383 e. The Morgan fingerprint density at radius 3 is 2.89 bits per heavy atom. The van der Waals surface area contributed by atoms with E-state index in [0.29, 0.717) is 13.2 Å². The van der Waals surface area contributed by atoms with Crippen molar-refractivity contribution >= 4 is 27.5 Å². The first-order chi connectivity index (χ1) is 8.56. The lowest BCUT2D eigenvalue weighted by Crippen LogP contribution is -2.39. The monoisotopic (exact) mass is 314 g/mol. The summed E-state index contributed by atoms with van der Waals surface area (Å²) in [4.78, 5) is 11.8. The maximum absolute atomic E-state index is 11.8. The number of hydrogen-bond acceptors (Lipinski definition) is 3. The number of rotatable bonds is 6. The van der Waals surface area contributed by atoms with E-state index in [9.17, 15) is 4.79 Å². The fourth-order valence-corrected chi connectivity index (χ4v) is 1.86. The van der Waals surface area contributed by atoms with E-state index in [1.165, 1.54) is 0 Å². The van der Waals surface area contributed by atoms with Gasteiger partial charge in [0.05, 0.1) is 6.61 Å². The number of benzene rings is 1. The molecule has 0 aromatic heterocycles. The van der Waals surface area contributed by atoms with Gasteiger partial charge in [-0.2, -0.15) is 0 Å². The van der Waals surface area contributed by atoms with Crippen molar-refractivity contribution in [3.63, 3.8) is 0 Å². The quantitative estimate of drug-likeness (QED) is 0.792. The number of halogens is 1. The summed E-state index contributed by atoms with van der Waals surface area (Å²) in [6, 6.07) is 5.59. The molecule has 0 radical (unpaired) electrons. The first-order valence-corrected chi connectivity index (χ1v) is 6.64. The normalized spacial score (nSPS) is 12.0. The molecule has 1 unspecified atom stereocenters. The van der Waals surface area contributed by atoms with Crippen LogP contribution in [0.15, 0.2) is 22.7 Å². The average molecular weight is 315 g/mol. The highest BCUT2D eigenvalue weighted by molar-refractivity contribution is 9.10. The van der Waals surface area contributed by atoms with Crippen LogP contribution in [-0.4, -0.2) is 32.2 Å². The third-order valence-electron chi connectivity index (χ3n) is 2.64. The van der Waals surface area contributed by atoms with E-state index in [-0.39, 0.29) is 11.9 Å². The molecule has 4 nitrogen and oxygen atoms in total. The zero-order chi connectivity index (χ0) is 13.5. The van der Waals surface area contributed by atoms with Gasteiger partial charge in [-0.1, -0.05) is 22.0 Å². The molecule has 0 aliphatic heterocycles. The second-order valence-electron chi connectivity index (χ2n) is 4.06. The molecule has 0 fully saturated rings. The van der Waals surface area contributed by atoms with Crippen molar-refractivity contribution < 1.29 is 9.53 Å². The van der Waals surface area contributed by atoms with Gasteiger partial charge in [0.15, 0.2) is 0 Å². The molecule has 1 rings (SSSR count). The third kappa shape index (κ3) is 4.31. The summed E-state index contributed by atoms with van der Waals surface area (Å²) in [6.45, 7) is 4.89. The molecule has 0 bridgehead atoms. The van der Waals surface area contributed by atoms with Crippen LogP contribution in [-0.2, 0) is 9.53 Å². The van der Waals surface area contributed by atoms with Crippen LogP contribution >= 0.6 is 15.9 Å². The van der Waals surface area contributed by atoms with Crippen molar-refractivity contribution in [1.29, 1.82) is 0 Å². The number of carbonyl (C=O) groups excluding carboxylic acids is 1. The predicted molar refractivity (Wildman–Crippen MR) is 76.8 cm³/mol. The van der Waals surface area contributed by atoms with Gasteiger partial charge >= 0.3 is 0 Å².